The van der Waals surface area contributed by atoms with Crippen molar-refractivity contribution in [2.45, 2.75) is 92.0 Å². The Balaban J connectivity index is 2.18. The van der Waals surface area contributed by atoms with Crippen LogP contribution in [0.25, 0.3) is 0 Å². The number of aryl methyl sites for hydroxylation is 2. The summed E-state index contributed by atoms with van der Waals surface area (Å²) in [5, 5.41) is 8.45. The van der Waals surface area contributed by atoms with Gasteiger partial charge in [0.15, 0.2) is 0 Å². The summed E-state index contributed by atoms with van der Waals surface area (Å²) < 4.78 is 1.91. The van der Waals surface area contributed by atoms with E-state index in [1.165, 1.54) is 0 Å². The summed E-state index contributed by atoms with van der Waals surface area (Å²) in [6.07, 6.45) is 9.50. The smallest absolute Gasteiger partial charge is 0.138 e. The second-order valence-corrected chi connectivity index (χ2v) is 8.24. The Labute approximate surface area is 151 Å². The third kappa shape index (κ3) is 4.99. The van der Waals surface area contributed by atoms with Crippen molar-refractivity contribution >= 4 is 11.6 Å². The van der Waals surface area contributed by atoms with Crippen LogP contribution in [0.4, 0.5) is 0 Å². The molecule has 1 aliphatic rings. The topological polar surface area (TPSA) is 64.8 Å². The van der Waals surface area contributed by atoms with E-state index in [-0.39, 0.29) is 11.2 Å². The second kappa shape index (κ2) is 8.24. The molecule has 0 saturated heterocycles. The van der Waals surface area contributed by atoms with Gasteiger partial charge in [0.25, 0.3) is 0 Å². The summed E-state index contributed by atoms with van der Waals surface area (Å²) in [6.45, 7) is 8.70. The Morgan fingerprint density at radius 2 is 1.92 bits per heavy atom. The number of nitrogens with zero attached hydrogens (tertiary/aromatic N) is 3. The number of fused-ring (bicyclic) bond motifs is 2. The third-order valence-corrected chi connectivity index (χ3v) is 6.32. The number of Topliss-reactive ketones (excluding diaryl/α,β-unsaturated/α-hetero) is 2. The number of hydrogen-bond donors (Lipinski definition) is 0. The van der Waals surface area contributed by atoms with Gasteiger partial charge in [-0.2, -0.15) is 0 Å². The van der Waals surface area contributed by atoms with Crippen LogP contribution in [0.2, 0.25) is 0 Å². The van der Waals surface area contributed by atoms with Crippen LogP contribution in [0, 0.1) is 10.8 Å². The normalized spacial score (nSPS) is 29.7. The Bertz CT molecular complexity index is 610. The quantitative estimate of drug-likeness (QED) is 0.806. The summed E-state index contributed by atoms with van der Waals surface area (Å²) in [6, 6.07) is 0. The molecule has 2 rings (SSSR count). The average molecular weight is 348 g/mol. The van der Waals surface area contributed by atoms with Gasteiger partial charge in [-0.05, 0) is 51.9 Å². The molecule has 0 spiro atoms. The van der Waals surface area contributed by atoms with Crippen LogP contribution in [-0.2, 0) is 22.6 Å². The first-order valence-electron chi connectivity index (χ1n) is 9.72. The van der Waals surface area contributed by atoms with Gasteiger partial charge in [0.1, 0.15) is 11.6 Å². The number of carbonyl (C=O) groups excluding carboxylic acids is 2. The second-order valence-electron chi connectivity index (χ2n) is 8.24. The lowest BCUT2D eigenvalue weighted by molar-refractivity contribution is -0.131. The molecule has 1 aromatic heterocycles. The Morgan fingerprint density at radius 1 is 1.16 bits per heavy atom. The fraction of sp³-hybridized carbons (Fsp3) is 0.800. The number of carbonyl (C=O) groups is 2. The lowest BCUT2D eigenvalue weighted by atomic mass is 9.72. The van der Waals surface area contributed by atoms with E-state index in [0.717, 1.165) is 57.2 Å². The highest BCUT2D eigenvalue weighted by Gasteiger charge is 2.35. The molecule has 0 saturated carbocycles. The molecular weight excluding hydrogens is 314 g/mol. The van der Waals surface area contributed by atoms with Gasteiger partial charge >= 0.3 is 0 Å². The predicted octanol–water partition coefficient (Wildman–Crippen LogP) is 4.15. The lowest BCUT2D eigenvalue weighted by Gasteiger charge is -2.30. The van der Waals surface area contributed by atoms with E-state index in [2.05, 4.69) is 24.2 Å². The molecule has 0 aliphatic carbocycles. The minimum absolute atomic E-state index is 0.200. The number of hydrogen-bond acceptors (Lipinski definition) is 4. The largest absolute Gasteiger partial charge is 0.299 e. The first-order valence-corrected chi connectivity index (χ1v) is 9.72. The standard InChI is InChI=1S/C20H33N3O2/c1-5-19(3)12-8-9-17-15-23(22-21-17)14-7-6-11-20(4,16(2)24)13-10-18(19)25/h15H,5-14H2,1-4H3/t19-,20+/m0/s1. The molecule has 0 aromatic carbocycles. The van der Waals surface area contributed by atoms with Crippen molar-refractivity contribution < 1.29 is 9.59 Å². The fourth-order valence-electron chi connectivity index (χ4n) is 3.69. The molecule has 2 atom stereocenters. The van der Waals surface area contributed by atoms with Crippen molar-refractivity contribution in [3.05, 3.63) is 11.9 Å². The Kier molecular flexibility index (Phi) is 6.53. The van der Waals surface area contributed by atoms with E-state index >= 15 is 0 Å². The van der Waals surface area contributed by atoms with Crippen LogP contribution in [-0.4, -0.2) is 26.6 Å². The molecule has 1 aromatic rings. The molecule has 0 fully saturated rings. The Hall–Kier alpha value is -1.52. The van der Waals surface area contributed by atoms with Gasteiger partial charge in [0, 0.05) is 30.0 Å². The zero-order chi connectivity index (χ0) is 18.5. The third-order valence-electron chi connectivity index (χ3n) is 6.32. The molecule has 2 heterocycles. The van der Waals surface area contributed by atoms with Crippen LogP contribution in [0.1, 0.15) is 84.8 Å². The molecule has 0 N–H and O–H groups in total. The van der Waals surface area contributed by atoms with Crippen LogP contribution in [0.3, 0.4) is 0 Å². The lowest BCUT2D eigenvalue weighted by Crippen LogP contribution is -2.31. The van der Waals surface area contributed by atoms with Crippen molar-refractivity contribution in [1.82, 2.24) is 15.0 Å². The van der Waals surface area contributed by atoms with Gasteiger partial charge in [0.2, 0.25) is 0 Å². The summed E-state index contributed by atoms with van der Waals surface area (Å²) in [7, 11) is 0. The highest BCUT2D eigenvalue weighted by Crippen LogP contribution is 2.36. The van der Waals surface area contributed by atoms with E-state index in [9.17, 15) is 9.59 Å². The monoisotopic (exact) mass is 347 g/mol. The molecule has 5 nitrogen and oxygen atoms in total. The van der Waals surface area contributed by atoms with Crippen LogP contribution >= 0.6 is 0 Å². The van der Waals surface area contributed by atoms with E-state index in [1.54, 1.807) is 6.92 Å². The predicted molar refractivity (Wildman–Crippen MR) is 98.2 cm³/mol. The van der Waals surface area contributed by atoms with Gasteiger partial charge in [-0.3, -0.25) is 14.3 Å². The van der Waals surface area contributed by atoms with Crippen LogP contribution < -0.4 is 0 Å². The first-order chi connectivity index (χ1) is 11.8. The van der Waals surface area contributed by atoms with Crippen molar-refractivity contribution in [3.63, 3.8) is 0 Å². The molecule has 5 heteroatoms. The maximum absolute atomic E-state index is 12.9. The van der Waals surface area contributed by atoms with Crippen molar-refractivity contribution in [2.75, 3.05) is 0 Å². The number of ketones is 2. The molecule has 1 aliphatic heterocycles. The Morgan fingerprint density at radius 3 is 2.60 bits per heavy atom. The molecule has 0 unspecified atom stereocenters. The van der Waals surface area contributed by atoms with Crippen LogP contribution in [0.15, 0.2) is 6.20 Å². The molecule has 140 valence electrons. The van der Waals surface area contributed by atoms with Crippen molar-refractivity contribution in [3.8, 4) is 0 Å². The van der Waals surface area contributed by atoms with Gasteiger partial charge in [0.05, 0.1) is 5.69 Å². The van der Waals surface area contributed by atoms with Gasteiger partial charge in [-0.25, -0.2) is 0 Å². The highest BCUT2D eigenvalue weighted by atomic mass is 16.1. The van der Waals surface area contributed by atoms with Gasteiger partial charge < -0.3 is 0 Å². The summed E-state index contributed by atoms with van der Waals surface area (Å²) in [5.74, 6) is 0.506. The van der Waals surface area contributed by atoms with E-state index < -0.39 is 5.41 Å². The van der Waals surface area contributed by atoms with E-state index in [0.29, 0.717) is 18.6 Å². The number of rotatable bonds is 2. The van der Waals surface area contributed by atoms with Gasteiger partial charge in [-0.15, -0.1) is 5.10 Å². The molecule has 25 heavy (non-hydrogen) atoms. The SMILES string of the molecule is CC[C@@]1(C)CCCc2cn(nn2)CCCC[C@@](C)(C(C)=O)CCC1=O. The summed E-state index contributed by atoms with van der Waals surface area (Å²) >= 11 is 0. The maximum Gasteiger partial charge on any atom is 0.138 e. The zero-order valence-corrected chi connectivity index (χ0v) is 16.3. The minimum Gasteiger partial charge on any atom is -0.299 e. The fourth-order valence-corrected chi connectivity index (χ4v) is 3.69. The van der Waals surface area contributed by atoms with E-state index in [4.69, 9.17) is 0 Å². The summed E-state index contributed by atoms with van der Waals surface area (Å²) in [5.41, 5.74) is 0.320. The van der Waals surface area contributed by atoms with Crippen molar-refractivity contribution in [1.29, 1.82) is 0 Å². The van der Waals surface area contributed by atoms with Gasteiger partial charge in [-0.1, -0.05) is 32.4 Å². The molecule has 0 radical (unpaired) electrons. The summed E-state index contributed by atoms with van der Waals surface area (Å²) in [4.78, 5) is 25.1. The molecular formula is C20H33N3O2. The first kappa shape index (κ1) is 19.8. The highest BCUT2D eigenvalue weighted by molar-refractivity contribution is 5.86. The van der Waals surface area contributed by atoms with E-state index in [1.807, 2.05) is 17.8 Å². The molecule has 2 bridgehead atoms. The number of aromatic nitrogens is 3. The minimum atomic E-state index is -0.391. The van der Waals surface area contributed by atoms with Crippen molar-refractivity contribution in [2.24, 2.45) is 10.8 Å². The maximum atomic E-state index is 12.9. The average Bonchev–Trinajstić information content (AvgIpc) is 3.03. The zero-order valence-electron chi connectivity index (χ0n) is 16.3. The molecule has 0 amide bonds. The van der Waals surface area contributed by atoms with Crippen LogP contribution in [0.5, 0.6) is 0 Å².